The average molecular weight is 585 g/mol. The lowest BCUT2D eigenvalue weighted by Crippen LogP contribution is -2.48. The third-order valence-electron chi connectivity index (χ3n) is 8.12. The summed E-state index contributed by atoms with van der Waals surface area (Å²) in [6.07, 6.45) is -1.61. The second-order valence-corrected chi connectivity index (χ2v) is 10.7. The number of carboxylic acids is 1. The number of piperidine rings is 1. The second kappa shape index (κ2) is 11.9. The lowest BCUT2D eigenvalue weighted by atomic mass is 9.93. The van der Waals surface area contributed by atoms with Crippen molar-refractivity contribution in [1.82, 2.24) is 9.88 Å². The molecule has 5 rings (SSSR count). The minimum Gasteiger partial charge on any atom is -0.481 e. The number of hydrogen-bond donors (Lipinski definition) is 2. The first-order valence-electron chi connectivity index (χ1n) is 13.8. The summed E-state index contributed by atoms with van der Waals surface area (Å²) in [5.74, 6) is -4.90. The number of carboxylic acid groups (broad SMARTS) is 1. The van der Waals surface area contributed by atoms with E-state index in [-0.39, 0.29) is 17.8 Å². The van der Waals surface area contributed by atoms with Crippen LogP contribution in [0.4, 0.5) is 24.5 Å². The molecule has 12 heteroatoms. The SMILES string of the molecule is CN(C(=O)C1CCCC1C(=O)O)C1CCN(c2ccc(NC(=O)c3nc(-c4ccccc4)oc3C(F)(F)F)cc2)CC1. The first kappa shape index (κ1) is 29.2. The molecular formula is C30H31F3N4O5. The highest BCUT2D eigenvalue weighted by Gasteiger charge is 2.42. The van der Waals surface area contributed by atoms with Crippen LogP contribution >= 0.6 is 0 Å². The molecule has 1 saturated heterocycles. The van der Waals surface area contributed by atoms with Gasteiger partial charge >= 0.3 is 12.1 Å². The summed E-state index contributed by atoms with van der Waals surface area (Å²) >= 11 is 0. The maximum Gasteiger partial charge on any atom is 0.452 e. The van der Waals surface area contributed by atoms with Crippen molar-refractivity contribution in [3.05, 3.63) is 66.1 Å². The van der Waals surface area contributed by atoms with E-state index in [1.807, 2.05) is 0 Å². The number of hydrogen-bond acceptors (Lipinski definition) is 6. The lowest BCUT2D eigenvalue weighted by molar-refractivity contribution is -0.153. The Morgan fingerprint density at radius 2 is 1.62 bits per heavy atom. The van der Waals surface area contributed by atoms with Gasteiger partial charge in [0.25, 0.3) is 5.91 Å². The smallest absolute Gasteiger partial charge is 0.452 e. The number of amides is 2. The van der Waals surface area contributed by atoms with Crippen LogP contribution in [0.5, 0.6) is 0 Å². The zero-order chi connectivity index (χ0) is 30.0. The molecule has 0 radical (unpaired) electrons. The molecule has 2 amide bonds. The molecule has 2 aliphatic rings. The lowest BCUT2D eigenvalue weighted by Gasteiger charge is -2.39. The van der Waals surface area contributed by atoms with E-state index < -0.39 is 41.3 Å². The maximum atomic E-state index is 13.6. The number of carbonyl (C=O) groups is 3. The van der Waals surface area contributed by atoms with Gasteiger partial charge in [0.2, 0.25) is 17.6 Å². The van der Waals surface area contributed by atoms with E-state index in [2.05, 4.69) is 15.2 Å². The molecule has 1 aromatic heterocycles. The number of nitrogens with one attached hydrogen (secondary N) is 1. The molecule has 2 atom stereocenters. The number of halogens is 3. The number of anilines is 2. The van der Waals surface area contributed by atoms with Crippen molar-refractivity contribution >= 4 is 29.2 Å². The monoisotopic (exact) mass is 584 g/mol. The van der Waals surface area contributed by atoms with Gasteiger partial charge in [0.1, 0.15) is 0 Å². The Labute approximate surface area is 240 Å². The van der Waals surface area contributed by atoms with Crippen molar-refractivity contribution in [2.24, 2.45) is 11.8 Å². The van der Waals surface area contributed by atoms with Gasteiger partial charge < -0.3 is 24.6 Å². The third-order valence-corrected chi connectivity index (χ3v) is 8.12. The zero-order valence-electron chi connectivity index (χ0n) is 22.9. The Morgan fingerprint density at radius 1 is 0.976 bits per heavy atom. The number of carbonyl (C=O) groups excluding carboxylic acids is 2. The van der Waals surface area contributed by atoms with Crippen molar-refractivity contribution in [1.29, 1.82) is 0 Å². The minimum atomic E-state index is -4.91. The molecule has 222 valence electrons. The fourth-order valence-corrected chi connectivity index (χ4v) is 5.82. The van der Waals surface area contributed by atoms with Crippen molar-refractivity contribution < 1.29 is 37.1 Å². The Bertz CT molecular complexity index is 1430. The quantitative estimate of drug-likeness (QED) is 0.375. The summed E-state index contributed by atoms with van der Waals surface area (Å²) in [7, 11) is 1.75. The van der Waals surface area contributed by atoms with Gasteiger partial charge in [-0.15, -0.1) is 0 Å². The number of nitrogens with zero attached hydrogens (tertiary/aromatic N) is 3. The molecule has 42 heavy (non-hydrogen) atoms. The van der Waals surface area contributed by atoms with E-state index >= 15 is 0 Å². The number of benzene rings is 2. The summed E-state index contributed by atoms with van der Waals surface area (Å²) in [6, 6.07) is 14.8. The third kappa shape index (κ3) is 6.12. The molecule has 2 fully saturated rings. The summed E-state index contributed by atoms with van der Waals surface area (Å²) in [5.41, 5.74) is 0.629. The van der Waals surface area contributed by atoms with Gasteiger partial charge in [-0.05, 0) is 62.1 Å². The van der Waals surface area contributed by atoms with Crippen LogP contribution in [-0.2, 0) is 15.8 Å². The van der Waals surface area contributed by atoms with Crippen LogP contribution in [0.25, 0.3) is 11.5 Å². The Kier molecular flexibility index (Phi) is 8.24. The predicted molar refractivity (Wildman–Crippen MR) is 148 cm³/mol. The maximum absolute atomic E-state index is 13.6. The molecule has 2 aromatic carbocycles. The van der Waals surface area contributed by atoms with Crippen molar-refractivity contribution in [2.45, 2.75) is 44.3 Å². The predicted octanol–water partition coefficient (Wildman–Crippen LogP) is 5.54. The largest absolute Gasteiger partial charge is 0.481 e. The first-order valence-corrected chi connectivity index (χ1v) is 13.8. The van der Waals surface area contributed by atoms with Crippen LogP contribution < -0.4 is 10.2 Å². The first-order chi connectivity index (χ1) is 20.0. The van der Waals surface area contributed by atoms with E-state index in [0.29, 0.717) is 50.0 Å². The van der Waals surface area contributed by atoms with E-state index in [0.717, 1.165) is 12.1 Å². The molecule has 2 heterocycles. The highest BCUT2D eigenvalue weighted by Crippen LogP contribution is 2.36. The number of alkyl halides is 3. The van der Waals surface area contributed by atoms with Crippen LogP contribution in [0.2, 0.25) is 0 Å². The van der Waals surface area contributed by atoms with Crippen LogP contribution in [0.15, 0.2) is 59.0 Å². The molecule has 3 aromatic rings. The molecule has 1 aliphatic heterocycles. The highest BCUT2D eigenvalue weighted by atomic mass is 19.4. The van der Waals surface area contributed by atoms with Crippen LogP contribution in [0, 0.1) is 11.8 Å². The Hall–Kier alpha value is -4.35. The van der Waals surface area contributed by atoms with E-state index in [1.165, 1.54) is 12.1 Å². The zero-order valence-corrected chi connectivity index (χ0v) is 22.9. The number of aliphatic carboxylic acids is 1. The number of rotatable bonds is 7. The molecule has 9 nitrogen and oxygen atoms in total. The van der Waals surface area contributed by atoms with Gasteiger partial charge in [0.15, 0.2) is 5.69 Å². The van der Waals surface area contributed by atoms with Crippen LogP contribution in [0.3, 0.4) is 0 Å². The topological polar surface area (TPSA) is 116 Å². The molecule has 2 unspecified atom stereocenters. The van der Waals surface area contributed by atoms with Crippen molar-refractivity contribution in [2.75, 3.05) is 30.4 Å². The Morgan fingerprint density at radius 3 is 2.24 bits per heavy atom. The molecule has 0 spiro atoms. The van der Waals surface area contributed by atoms with Gasteiger partial charge in [-0.25, -0.2) is 4.98 Å². The fourth-order valence-electron chi connectivity index (χ4n) is 5.82. The second-order valence-electron chi connectivity index (χ2n) is 10.7. The van der Waals surface area contributed by atoms with Crippen LogP contribution in [-0.4, -0.2) is 59.0 Å². The molecule has 2 N–H and O–H groups in total. The van der Waals surface area contributed by atoms with Gasteiger partial charge in [-0.1, -0.05) is 24.6 Å². The Balaban J connectivity index is 1.20. The van der Waals surface area contributed by atoms with Crippen molar-refractivity contribution in [3.8, 4) is 11.5 Å². The van der Waals surface area contributed by atoms with Gasteiger partial charge in [-0.2, -0.15) is 13.2 Å². The molecule has 1 saturated carbocycles. The summed E-state index contributed by atoms with van der Waals surface area (Å²) in [4.78, 5) is 45.0. The molecular weight excluding hydrogens is 553 g/mol. The summed E-state index contributed by atoms with van der Waals surface area (Å²) in [5, 5.41) is 11.9. The normalized spacial score (nSPS) is 19.5. The number of oxazole rings is 1. The minimum absolute atomic E-state index is 0.00780. The average Bonchev–Trinajstić information content (AvgIpc) is 3.66. The molecule has 1 aliphatic carbocycles. The summed E-state index contributed by atoms with van der Waals surface area (Å²) in [6.45, 7) is 1.33. The summed E-state index contributed by atoms with van der Waals surface area (Å²) < 4.78 is 45.8. The standard InChI is InChI=1S/C30H31F3N4O5/c1-36(28(39)22-8-5-9-23(22)29(40)41)20-14-16-37(17-15-20)21-12-10-19(11-13-21)34-26(38)24-25(30(31,32)33)42-27(35-24)18-6-3-2-4-7-18/h2-4,6-7,10-13,20,22-23H,5,8-9,14-17H2,1H3,(H,34,38)(H,40,41). The fraction of sp³-hybridized carbons (Fsp3) is 0.400. The van der Waals surface area contributed by atoms with Gasteiger partial charge in [-0.3, -0.25) is 14.4 Å². The van der Waals surface area contributed by atoms with Crippen LogP contribution in [0.1, 0.15) is 48.4 Å². The molecule has 0 bridgehead atoms. The van der Waals surface area contributed by atoms with E-state index in [1.54, 1.807) is 54.4 Å². The van der Waals surface area contributed by atoms with E-state index in [4.69, 9.17) is 4.42 Å². The number of aromatic nitrogens is 1. The van der Waals surface area contributed by atoms with Gasteiger partial charge in [0, 0.05) is 43.1 Å². The van der Waals surface area contributed by atoms with Crippen molar-refractivity contribution in [3.63, 3.8) is 0 Å². The van der Waals surface area contributed by atoms with Gasteiger partial charge in [0.05, 0.1) is 11.8 Å². The van der Waals surface area contributed by atoms with E-state index in [9.17, 15) is 32.7 Å². The highest BCUT2D eigenvalue weighted by molar-refractivity contribution is 6.04.